The third kappa shape index (κ3) is 4.48. The Morgan fingerprint density at radius 2 is 1.93 bits per heavy atom. The number of hydrogen-bond donors (Lipinski definition) is 2. The molecular weight excluding hydrogens is 371 g/mol. The van der Waals surface area contributed by atoms with Crippen molar-refractivity contribution in [1.29, 1.82) is 0 Å². The Morgan fingerprint density at radius 1 is 1.11 bits per heavy atom. The minimum absolute atomic E-state index is 0.279. The van der Waals surface area contributed by atoms with Crippen molar-refractivity contribution in [2.75, 3.05) is 19.0 Å². The standard InChI is InChI=1S/C19H15FN2O4S/c1-21-18(24)11-3-2-4-14(8-11)22-17(23)10-26-19(25)16-9-12-7-13(20)5-6-15(12)27-16/h2-9H,10H2,1H3,(H,21,24)(H,22,23). The monoisotopic (exact) mass is 386 g/mol. The van der Waals surface area contributed by atoms with E-state index in [1.165, 1.54) is 31.3 Å². The van der Waals surface area contributed by atoms with E-state index in [1.807, 2.05) is 0 Å². The number of ether oxygens (including phenoxy) is 1. The Balaban J connectivity index is 1.59. The van der Waals surface area contributed by atoms with Gasteiger partial charge in [0.15, 0.2) is 6.61 Å². The van der Waals surface area contributed by atoms with E-state index in [4.69, 9.17) is 4.74 Å². The minimum atomic E-state index is -0.661. The number of benzene rings is 2. The number of carbonyl (C=O) groups is 3. The highest BCUT2D eigenvalue weighted by Gasteiger charge is 2.14. The lowest BCUT2D eigenvalue weighted by atomic mass is 10.2. The van der Waals surface area contributed by atoms with Crippen molar-refractivity contribution in [3.05, 3.63) is 64.8 Å². The molecule has 27 heavy (non-hydrogen) atoms. The van der Waals surface area contributed by atoms with E-state index in [0.29, 0.717) is 16.6 Å². The molecule has 3 aromatic rings. The highest BCUT2D eigenvalue weighted by molar-refractivity contribution is 7.20. The number of esters is 1. The van der Waals surface area contributed by atoms with Gasteiger partial charge in [0.1, 0.15) is 10.7 Å². The molecule has 2 N–H and O–H groups in total. The lowest BCUT2D eigenvalue weighted by Crippen LogP contribution is -2.21. The highest BCUT2D eigenvalue weighted by atomic mass is 32.1. The van der Waals surface area contributed by atoms with Crippen molar-refractivity contribution in [3.63, 3.8) is 0 Å². The molecule has 6 nitrogen and oxygen atoms in total. The average Bonchev–Trinajstić information content (AvgIpc) is 3.09. The van der Waals surface area contributed by atoms with Crippen LogP contribution in [-0.4, -0.2) is 31.4 Å². The molecule has 1 heterocycles. The molecule has 0 saturated heterocycles. The molecule has 0 atom stereocenters. The summed E-state index contributed by atoms with van der Waals surface area (Å²) in [7, 11) is 1.51. The maximum Gasteiger partial charge on any atom is 0.348 e. The number of fused-ring (bicyclic) bond motifs is 1. The van der Waals surface area contributed by atoms with Crippen LogP contribution < -0.4 is 10.6 Å². The molecule has 138 valence electrons. The van der Waals surface area contributed by atoms with Gasteiger partial charge in [-0.25, -0.2) is 9.18 Å². The summed E-state index contributed by atoms with van der Waals surface area (Å²) in [5.41, 5.74) is 0.805. The quantitative estimate of drug-likeness (QED) is 0.660. The zero-order chi connectivity index (χ0) is 19.4. The van der Waals surface area contributed by atoms with Crippen molar-refractivity contribution >= 4 is 44.9 Å². The van der Waals surface area contributed by atoms with E-state index in [9.17, 15) is 18.8 Å². The number of halogens is 1. The van der Waals surface area contributed by atoms with Crippen LogP contribution in [0.4, 0.5) is 10.1 Å². The van der Waals surface area contributed by atoms with E-state index in [0.717, 1.165) is 16.0 Å². The molecule has 0 aliphatic carbocycles. The maximum atomic E-state index is 13.2. The van der Waals surface area contributed by atoms with Crippen LogP contribution in [0.1, 0.15) is 20.0 Å². The number of rotatable bonds is 5. The Kier molecular flexibility index (Phi) is 5.46. The van der Waals surface area contributed by atoms with E-state index < -0.39 is 24.3 Å². The van der Waals surface area contributed by atoms with E-state index in [-0.39, 0.29) is 10.8 Å². The minimum Gasteiger partial charge on any atom is -0.451 e. The average molecular weight is 386 g/mol. The van der Waals surface area contributed by atoms with Crippen molar-refractivity contribution in [3.8, 4) is 0 Å². The number of hydrogen-bond acceptors (Lipinski definition) is 5. The van der Waals surface area contributed by atoms with Crippen LogP contribution in [0.25, 0.3) is 10.1 Å². The van der Waals surface area contributed by atoms with Crippen LogP contribution in [0.5, 0.6) is 0 Å². The number of nitrogens with one attached hydrogen (secondary N) is 2. The van der Waals surface area contributed by atoms with Gasteiger partial charge in [0, 0.05) is 23.0 Å². The van der Waals surface area contributed by atoms with Gasteiger partial charge >= 0.3 is 5.97 Å². The van der Waals surface area contributed by atoms with Crippen molar-refractivity contribution in [1.82, 2.24) is 5.32 Å². The second-order valence-corrected chi connectivity index (χ2v) is 6.66. The highest BCUT2D eigenvalue weighted by Crippen LogP contribution is 2.26. The topological polar surface area (TPSA) is 84.5 Å². The largest absolute Gasteiger partial charge is 0.451 e. The summed E-state index contributed by atoms with van der Waals surface area (Å²) in [5, 5.41) is 5.65. The van der Waals surface area contributed by atoms with Gasteiger partial charge < -0.3 is 15.4 Å². The fourth-order valence-electron chi connectivity index (χ4n) is 2.40. The van der Waals surface area contributed by atoms with E-state index in [1.54, 1.807) is 24.3 Å². The van der Waals surface area contributed by atoms with Gasteiger partial charge in [0.2, 0.25) is 0 Å². The zero-order valence-electron chi connectivity index (χ0n) is 14.2. The Labute approximate surface area is 157 Å². The first-order chi connectivity index (χ1) is 13.0. The van der Waals surface area contributed by atoms with Gasteiger partial charge in [-0.1, -0.05) is 6.07 Å². The summed E-state index contributed by atoms with van der Waals surface area (Å²) in [4.78, 5) is 36.0. The molecule has 1 aromatic heterocycles. The normalized spacial score (nSPS) is 10.4. The van der Waals surface area contributed by atoms with Crippen molar-refractivity contribution < 1.29 is 23.5 Å². The molecule has 0 fully saturated rings. The molecule has 0 spiro atoms. The molecule has 0 bridgehead atoms. The van der Waals surface area contributed by atoms with E-state index >= 15 is 0 Å². The van der Waals surface area contributed by atoms with Crippen LogP contribution in [-0.2, 0) is 9.53 Å². The summed E-state index contributed by atoms with van der Waals surface area (Å²) in [5.74, 6) is -1.87. The molecule has 3 rings (SSSR count). The molecule has 0 aliphatic rings. The SMILES string of the molecule is CNC(=O)c1cccc(NC(=O)COC(=O)c2cc3cc(F)ccc3s2)c1. The summed E-state index contributed by atoms with van der Waals surface area (Å²) < 4.78 is 19.0. The number of anilines is 1. The molecule has 8 heteroatoms. The fourth-order valence-corrected chi connectivity index (χ4v) is 3.33. The summed E-state index contributed by atoms with van der Waals surface area (Å²) in [6, 6.07) is 12.1. The van der Waals surface area contributed by atoms with Crippen LogP contribution in [0, 0.1) is 5.82 Å². The van der Waals surface area contributed by atoms with Crippen LogP contribution >= 0.6 is 11.3 Å². The second-order valence-electron chi connectivity index (χ2n) is 5.58. The third-order valence-corrected chi connectivity index (χ3v) is 4.75. The van der Waals surface area contributed by atoms with Crippen molar-refractivity contribution in [2.24, 2.45) is 0 Å². The smallest absolute Gasteiger partial charge is 0.348 e. The Hall–Kier alpha value is -3.26. The first-order valence-electron chi connectivity index (χ1n) is 7.94. The molecular formula is C19H15FN2O4S. The lowest BCUT2D eigenvalue weighted by Gasteiger charge is -2.07. The first-order valence-corrected chi connectivity index (χ1v) is 8.76. The van der Waals surface area contributed by atoms with Gasteiger partial charge in [-0.05, 0) is 47.9 Å². The van der Waals surface area contributed by atoms with Gasteiger partial charge in [-0.15, -0.1) is 11.3 Å². The molecule has 0 aliphatic heterocycles. The third-order valence-electron chi connectivity index (χ3n) is 3.65. The van der Waals surface area contributed by atoms with Gasteiger partial charge in [0.05, 0.1) is 0 Å². The number of carbonyl (C=O) groups excluding carboxylic acids is 3. The second kappa shape index (κ2) is 7.96. The molecule has 0 saturated carbocycles. The maximum absolute atomic E-state index is 13.2. The van der Waals surface area contributed by atoms with Crippen molar-refractivity contribution in [2.45, 2.75) is 0 Å². The Morgan fingerprint density at radius 3 is 2.70 bits per heavy atom. The van der Waals surface area contributed by atoms with Crippen LogP contribution in [0.2, 0.25) is 0 Å². The molecule has 0 unspecified atom stereocenters. The predicted molar refractivity (Wildman–Crippen MR) is 101 cm³/mol. The van der Waals surface area contributed by atoms with Crippen LogP contribution in [0.15, 0.2) is 48.5 Å². The lowest BCUT2D eigenvalue weighted by molar-refractivity contribution is -0.119. The van der Waals surface area contributed by atoms with Gasteiger partial charge in [-0.2, -0.15) is 0 Å². The van der Waals surface area contributed by atoms with E-state index in [2.05, 4.69) is 10.6 Å². The summed E-state index contributed by atoms with van der Waals surface area (Å²) >= 11 is 1.16. The van der Waals surface area contributed by atoms with Crippen LogP contribution in [0.3, 0.4) is 0 Å². The number of thiophene rings is 1. The Bertz CT molecular complexity index is 1030. The fraction of sp³-hybridized carbons (Fsp3) is 0.105. The number of amides is 2. The molecule has 0 radical (unpaired) electrons. The summed E-state index contributed by atoms with van der Waals surface area (Å²) in [6.45, 7) is -0.481. The molecule has 2 amide bonds. The zero-order valence-corrected chi connectivity index (χ0v) is 15.1. The molecule has 2 aromatic carbocycles. The predicted octanol–water partition coefficient (Wildman–Crippen LogP) is 3.20. The first kappa shape index (κ1) is 18.5. The summed E-state index contributed by atoms with van der Waals surface area (Å²) in [6.07, 6.45) is 0. The van der Waals surface area contributed by atoms with Gasteiger partial charge in [-0.3, -0.25) is 9.59 Å². The van der Waals surface area contributed by atoms with Gasteiger partial charge in [0.25, 0.3) is 11.8 Å².